The summed E-state index contributed by atoms with van der Waals surface area (Å²) in [4.78, 5) is 10.6. The number of rotatable bonds is 5. The van der Waals surface area contributed by atoms with Crippen molar-refractivity contribution in [3.05, 3.63) is 42.4 Å². The number of para-hydroxylation sites is 1. The molecule has 1 saturated heterocycles. The van der Waals surface area contributed by atoms with Crippen molar-refractivity contribution in [1.82, 2.24) is 19.4 Å². The molecule has 1 aliphatic heterocycles. The molecule has 1 aromatic carbocycles. The molecular formula is C20H27ClN4. The fraction of sp³-hybridized carbons (Fsp3) is 0.450. The van der Waals surface area contributed by atoms with Gasteiger partial charge < -0.3 is 14.5 Å². The van der Waals surface area contributed by atoms with E-state index in [0.29, 0.717) is 0 Å². The van der Waals surface area contributed by atoms with Crippen molar-refractivity contribution < 1.29 is 0 Å². The van der Waals surface area contributed by atoms with E-state index in [1.165, 1.54) is 73.2 Å². The normalized spacial score (nSPS) is 15.4. The number of imidazole rings is 1. The summed E-state index contributed by atoms with van der Waals surface area (Å²) in [6.07, 6.45) is 9.27. The maximum absolute atomic E-state index is 4.40. The van der Waals surface area contributed by atoms with Crippen LogP contribution in [0.25, 0.3) is 22.3 Å². The average Bonchev–Trinajstić information content (AvgIpc) is 3.21. The van der Waals surface area contributed by atoms with E-state index in [1.807, 2.05) is 12.5 Å². The zero-order chi connectivity index (χ0) is 16.4. The zero-order valence-electron chi connectivity index (χ0n) is 14.9. The molecule has 0 atom stereocenters. The molecule has 4 nitrogen and oxygen atoms in total. The van der Waals surface area contributed by atoms with Gasteiger partial charge in [0.2, 0.25) is 0 Å². The second kappa shape index (κ2) is 8.07. The van der Waals surface area contributed by atoms with Gasteiger partial charge in [0.15, 0.2) is 0 Å². The van der Waals surface area contributed by atoms with Crippen LogP contribution in [0.5, 0.6) is 0 Å². The van der Waals surface area contributed by atoms with Gasteiger partial charge in [0, 0.05) is 17.4 Å². The predicted molar refractivity (Wildman–Crippen MR) is 106 cm³/mol. The van der Waals surface area contributed by atoms with Gasteiger partial charge in [-0.2, -0.15) is 0 Å². The van der Waals surface area contributed by atoms with Crippen LogP contribution in [-0.2, 0) is 6.54 Å². The van der Waals surface area contributed by atoms with Crippen LogP contribution in [0.1, 0.15) is 31.2 Å². The summed E-state index contributed by atoms with van der Waals surface area (Å²) in [5.74, 6) is 0. The van der Waals surface area contributed by atoms with Crippen molar-refractivity contribution in [2.75, 3.05) is 19.6 Å². The Morgan fingerprint density at radius 3 is 2.68 bits per heavy atom. The van der Waals surface area contributed by atoms with Crippen molar-refractivity contribution in [1.29, 1.82) is 0 Å². The first kappa shape index (κ1) is 18.0. The molecule has 0 bridgehead atoms. The topological polar surface area (TPSA) is 36.9 Å². The summed E-state index contributed by atoms with van der Waals surface area (Å²) in [7, 11) is 0. The van der Waals surface area contributed by atoms with E-state index in [1.54, 1.807) is 0 Å². The number of fused-ring (bicyclic) bond motifs is 1. The molecule has 0 unspecified atom stereocenters. The third-order valence-electron chi connectivity index (χ3n) is 5.26. The smallest absolute Gasteiger partial charge is 0.0951 e. The Balaban J connectivity index is 0.00000182. The maximum Gasteiger partial charge on any atom is 0.0951 e. The van der Waals surface area contributed by atoms with E-state index >= 15 is 0 Å². The summed E-state index contributed by atoms with van der Waals surface area (Å²) in [5, 5.41) is 1.30. The summed E-state index contributed by atoms with van der Waals surface area (Å²) in [6.45, 7) is 6.97. The van der Waals surface area contributed by atoms with Gasteiger partial charge >= 0.3 is 0 Å². The minimum atomic E-state index is 0. The Morgan fingerprint density at radius 2 is 1.88 bits per heavy atom. The lowest BCUT2D eigenvalue weighted by Crippen LogP contribution is -2.31. The van der Waals surface area contributed by atoms with Gasteiger partial charge in [-0.05, 0) is 57.5 Å². The standard InChI is InChI=1S/C20H26N4.ClH/c1-16-17-8-3-4-9-18(17)22-20(16)19-14-21-15-24(19)13-7-12-23-10-5-2-6-11-23;/h3-4,8-9,14-15,22H,2,5-7,10-13H2,1H3;1H. The highest BCUT2D eigenvalue weighted by molar-refractivity contribution is 5.89. The first-order valence-corrected chi connectivity index (χ1v) is 9.13. The molecule has 2 aromatic heterocycles. The minimum absolute atomic E-state index is 0. The molecular weight excluding hydrogens is 332 g/mol. The SMILES string of the molecule is Cc1c(-c2cncn2CCCN2CCCCC2)[nH]c2ccccc12.Cl. The molecule has 3 aromatic rings. The zero-order valence-corrected chi connectivity index (χ0v) is 15.7. The largest absolute Gasteiger partial charge is 0.353 e. The highest BCUT2D eigenvalue weighted by Gasteiger charge is 2.14. The average molecular weight is 359 g/mol. The third-order valence-corrected chi connectivity index (χ3v) is 5.26. The molecule has 5 heteroatoms. The lowest BCUT2D eigenvalue weighted by Gasteiger charge is -2.26. The van der Waals surface area contributed by atoms with Gasteiger partial charge in [-0.1, -0.05) is 24.6 Å². The number of nitrogens with one attached hydrogen (secondary N) is 1. The van der Waals surface area contributed by atoms with Crippen molar-refractivity contribution >= 4 is 23.3 Å². The Kier molecular flexibility index (Phi) is 5.82. The molecule has 1 N–H and O–H groups in total. The lowest BCUT2D eigenvalue weighted by atomic mass is 10.1. The molecule has 4 rings (SSSR count). The number of hydrogen-bond donors (Lipinski definition) is 1. The van der Waals surface area contributed by atoms with Crippen LogP contribution in [0.15, 0.2) is 36.8 Å². The van der Waals surface area contributed by atoms with Crippen LogP contribution >= 0.6 is 12.4 Å². The molecule has 0 saturated carbocycles. The highest BCUT2D eigenvalue weighted by atomic mass is 35.5. The van der Waals surface area contributed by atoms with Crippen molar-refractivity contribution in [3.63, 3.8) is 0 Å². The van der Waals surface area contributed by atoms with E-state index in [2.05, 4.69) is 50.6 Å². The van der Waals surface area contributed by atoms with Crippen molar-refractivity contribution in [2.24, 2.45) is 0 Å². The van der Waals surface area contributed by atoms with Crippen molar-refractivity contribution in [3.8, 4) is 11.4 Å². The first-order chi connectivity index (χ1) is 11.8. The summed E-state index contributed by atoms with van der Waals surface area (Å²) < 4.78 is 2.29. The number of piperidine rings is 1. The van der Waals surface area contributed by atoms with E-state index in [9.17, 15) is 0 Å². The van der Waals surface area contributed by atoms with Gasteiger partial charge in [-0.3, -0.25) is 0 Å². The van der Waals surface area contributed by atoms with Gasteiger partial charge in [0.25, 0.3) is 0 Å². The summed E-state index contributed by atoms with van der Waals surface area (Å²) in [6, 6.07) is 8.51. The van der Waals surface area contributed by atoms with Crippen LogP contribution in [0.4, 0.5) is 0 Å². The van der Waals surface area contributed by atoms with Gasteiger partial charge in [-0.15, -0.1) is 12.4 Å². The number of nitrogens with zero attached hydrogens (tertiary/aromatic N) is 3. The number of halogens is 1. The fourth-order valence-corrected chi connectivity index (χ4v) is 3.89. The van der Waals surface area contributed by atoms with Crippen molar-refractivity contribution in [2.45, 2.75) is 39.2 Å². The Hall–Kier alpha value is -1.78. The molecule has 134 valence electrons. The maximum atomic E-state index is 4.40. The minimum Gasteiger partial charge on any atom is -0.353 e. The molecule has 0 aliphatic carbocycles. The van der Waals surface area contributed by atoms with Crippen LogP contribution in [0.3, 0.4) is 0 Å². The van der Waals surface area contributed by atoms with Crippen LogP contribution < -0.4 is 0 Å². The van der Waals surface area contributed by atoms with Crippen LogP contribution in [0, 0.1) is 6.92 Å². The highest BCUT2D eigenvalue weighted by Crippen LogP contribution is 2.29. The molecule has 1 aliphatic rings. The molecule has 3 heterocycles. The summed E-state index contributed by atoms with van der Waals surface area (Å²) in [5.41, 5.74) is 4.91. The number of aryl methyl sites for hydroxylation is 2. The first-order valence-electron chi connectivity index (χ1n) is 9.13. The predicted octanol–water partition coefficient (Wildman–Crippen LogP) is 4.64. The number of likely N-dealkylation sites (tertiary alicyclic amines) is 1. The van der Waals surface area contributed by atoms with E-state index in [0.717, 1.165) is 6.54 Å². The molecule has 0 spiro atoms. The number of aromatic nitrogens is 3. The van der Waals surface area contributed by atoms with Crippen LogP contribution in [-0.4, -0.2) is 39.1 Å². The second-order valence-electron chi connectivity index (χ2n) is 6.90. The Bertz CT molecular complexity index is 814. The summed E-state index contributed by atoms with van der Waals surface area (Å²) >= 11 is 0. The molecule has 0 amide bonds. The molecule has 0 radical (unpaired) electrons. The molecule has 25 heavy (non-hydrogen) atoms. The van der Waals surface area contributed by atoms with Gasteiger partial charge in [-0.25, -0.2) is 4.98 Å². The number of hydrogen-bond acceptors (Lipinski definition) is 2. The van der Waals surface area contributed by atoms with Crippen LogP contribution in [0.2, 0.25) is 0 Å². The lowest BCUT2D eigenvalue weighted by molar-refractivity contribution is 0.223. The number of H-pyrrole nitrogens is 1. The third kappa shape index (κ3) is 3.75. The van der Waals surface area contributed by atoms with E-state index in [4.69, 9.17) is 0 Å². The Morgan fingerprint density at radius 1 is 1.08 bits per heavy atom. The fourth-order valence-electron chi connectivity index (χ4n) is 3.89. The number of aromatic amines is 1. The quantitative estimate of drug-likeness (QED) is 0.721. The second-order valence-corrected chi connectivity index (χ2v) is 6.90. The Labute approximate surface area is 155 Å². The molecule has 1 fully saturated rings. The van der Waals surface area contributed by atoms with E-state index < -0.39 is 0 Å². The monoisotopic (exact) mass is 358 g/mol. The van der Waals surface area contributed by atoms with E-state index in [-0.39, 0.29) is 12.4 Å². The van der Waals surface area contributed by atoms with Gasteiger partial charge in [0.1, 0.15) is 0 Å². The van der Waals surface area contributed by atoms with Gasteiger partial charge in [0.05, 0.1) is 23.9 Å². The number of benzene rings is 1.